The molecule has 0 aromatic carbocycles. The molecule has 0 fully saturated rings. The van der Waals surface area contributed by atoms with Crippen molar-refractivity contribution >= 4 is 5.97 Å². The fourth-order valence-corrected chi connectivity index (χ4v) is 2.00. The van der Waals surface area contributed by atoms with Crippen molar-refractivity contribution in [2.24, 2.45) is 5.92 Å². The highest BCUT2D eigenvalue weighted by atomic mass is 16.5. The summed E-state index contributed by atoms with van der Waals surface area (Å²) in [6.45, 7) is 5.67. The van der Waals surface area contributed by atoms with Gasteiger partial charge < -0.3 is 9.84 Å². The number of nitrogens with zero attached hydrogens (tertiary/aromatic N) is 1. The molecule has 0 saturated heterocycles. The first-order valence-corrected chi connectivity index (χ1v) is 6.34. The molecule has 1 aromatic rings. The van der Waals surface area contributed by atoms with Gasteiger partial charge in [-0.05, 0) is 32.4 Å². The molecule has 0 saturated carbocycles. The van der Waals surface area contributed by atoms with Crippen LogP contribution in [0.2, 0.25) is 0 Å². The first-order chi connectivity index (χ1) is 8.54. The standard InChI is InChI=1S/C14H21NO3/c1-4-8-11(13(16)18-5-2)14(3,17)12-9-6-7-10-15-12/h6-7,9-11,17H,4-5,8H2,1-3H3. The Morgan fingerprint density at radius 2 is 2.22 bits per heavy atom. The summed E-state index contributed by atoms with van der Waals surface area (Å²) in [5.74, 6) is -0.952. The smallest absolute Gasteiger partial charge is 0.312 e. The zero-order valence-corrected chi connectivity index (χ0v) is 11.2. The molecule has 0 bridgehead atoms. The molecular weight excluding hydrogens is 230 g/mol. The van der Waals surface area contributed by atoms with Crippen LogP contribution in [0.3, 0.4) is 0 Å². The van der Waals surface area contributed by atoms with Gasteiger partial charge >= 0.3 is 5.97 Å². The van der Waals surface area contributed by atoms with E-state index in [1.54, 1.807) is 38.2 Å². The van der Waals surface area contributed by atoms with E-state index in [2.05, 4.69) is 4.98 Å². The highest BCUT2D eigenvalue weighted by molar-refractivity contribution is 5.74. The van der Waals surface area contributed by atoms with Crippen LogP contribution in [-0.4, -0.2) is 22.7 Å². The molecule has 0 aliphatic carbocycles. The predicted octanol–water partition coefficient (Wildman–Crippen LogP) is 2.27. The highest BCUT2D eigenvalue weighted by Crippen LogP contribution is 2.32. The van der Waals surface area contributed by atoms with Gasteiger partial charge in [0.2, 0.25) is 0 Å². The molecule has 1 N–H and O–H groups in total. The third-order valence-corrected chi connectivity index (χ3v) is 3.01. The van der Waals surface area contributed by atoms with E-state index in [0.717, 1.165) is 6.42 Å². The number of carbonyl (C=O) groups is 1. The summed E-state index contributed by atoms with van der Waals surface area (Å²) >= 11 is 0. The molecule has 1 aromatic heterocycles. The molecule has 4 heteroatoms. The molecule has 0 aliphatic heterocycles. The summed E-state index contributed by atoms with van der Waals surface area (Å²) < 4.78 is 5.04. The van der Waals surface area contributed by atoms with Crippen molar-refractivity contribution < 1.29 is 14.6 Å². The number of hydrogen-bond acceptors (Lipinski definition) is 4. The molecule has 1 rings (SSSR count). The van der Waals surface area contributed by atoms with Crippen molar-refractivity contribution in [1.29, 1.82) is 0 Å². The minimum atomic E-state index is -1.30. The second kappa shape index (κ2) is 6.50. The molecular formula is C14H21NO3. The second-order valence-electron chi connectivity index (χ2n) is 4.46. The maximum atomic E-state index is 11.9. The summed E-state index contributed by atoms with van der Waals surface area (Å²) in [7, 11) is 0. The van der Waals surface area contributed by atoms with Crippen molar-refractivity contribution in [3.63, 3.8) is 0 Å². The molecule has 2 unspecified atom stereocenters. The molecule has 0 radical (unpaired) electrons. The summed E-state index contributed by atoms with van der Waals surface area (Å²) in [5, 5.41) is 10.6. The Balaban J connectivity index is 3.00. The average molecular weight is 251 g/mol. The zero-order valence-electron chi connectivity index (χ0n) is 11.2. The van der Waals surface area contributed by atoms with Gasteiger partial charge in [-0.25, -0.2) is 0 Å². The van der Waals surface area contributed by atoms with Gasteiger partial charge in [0, 0.05) is 6.20 Å². The number of esters is 1. The van der Waals surface area contributed by atoms with Gasteiger partial charge in [-0.15, -0.1) is 0 Å². The quantitative estimate of drug-likeness (QED) is 0.788. The second-order valence-corrected chi connectivity index (χ2v) is 4.46. The van der Waals surface area contributed by atoms with Crippen LogP contribution < -0.4 is 0 Å². The number of rotatable bonds is 6. The molecule has 0 aliphatic rings. The normalized spacial score (nSPS) is 15.8. The lowest BCUT2D eigenvalue weighted by atomic mass is 9.83. The number of carbonyl (C=O) groups excluding carboxylic acids is 1. The third kappa shape index (κ3) is 3.29. The molecule has 0 spiro atoms. The van der Waals surface area contributed by atoms with E-state index in [1.165, 1.54) is 0 Å². The van der Waals surface area contributed by atoms with Gasteiger partial charge in [-0.1, -0.05) is 19.4 Å². The predicted molar refractivity (Wildman–Crippen MR) is 68.8 cm³/mol. The minimum absolute atomic E-state index is 0.317. The third-order valence-electron chi connectivity index (χ3n) is 3.01. The van der Waals surface area contributed by atoms with Gasteiger partial charge in [-0.3, -0.25) is 9.78 Å². The van der Waals surface area contributed by atoms with E-state index in [4.69, 9.17) is 4.74 Å². The summed E-state index contributed by atoms with van der Waals surface area (Å²) in [5.41, 5.74) is -0.805. The zero-order chi connectivity index (χ0) is 13.6. The monoisotopic (exact) mass is 251 g/mol. The lowest BCUT2D eigenvalue weighted by Gasteiger charge is -2.30. The van der Waals surface area contributed by atoms with E-state index >= 15 is 0 Å². The number of pyridine rings is 1. The van der Waals surface area contributed by atoms with Crippen molar-refractivity contribution in [1.82, 2.24) is 4.98 Å². The molecule has 18 heavy (non-hydrogen) atoms. The Labute approximate surface area is 108 Å². The van der Waals surface area contributed by atoms with E-state index in [0.29, 0.717) is 18.7 Å². The van der Waals surface area contributed by atoms with E-state index in [-0.39, 0.29) is 5.97 Å². The summed E-state index contributed by atoms with van der Waals surface area (Å²) in [4.78, 5) is 16.1. The Kier molecular flexibility index (Phi) is 5.28. The van der Waals surface area contributed by atoms with Crippen molar-refractivity contribution in [3.05, 3.63) is 30.1 Å². The van der Waals surface area contributed by atoms with Crippen molar-refractivity contribution in [2.45, 2.75) is 39.2 Å². The Morgan fingerprint density at radius 3 is 2.72 bits per heavy atom. The first kappa shape index (κ1) is 14.6. The Bertz CT molecular complexity index is 376. The van der Waals surface area contributed by atoms with Crippen LogP contribution in [0, 0.1) is 5.92 Å². The van der Waals surface area contributed by atoms with Gasteiger partial charge in [0.25, 0.3) is 0 Å². The lowest BCUT2D eigenvalue weighted by Crippen LogP contribution is -2.39. The Hall–Kier alpha value is -1.42. The van der Waals surface area contributed by atoms with Crippen molar-refractivity contribution in [3.8, 4) is 0 Å². The van der Waals surface area contributed by atoms with Gasteiger partial charge in [-0.2, -0.15) is 0 Å². The molecule has 0 amide bonds. The maximum Gasteiger partial charge on any atom is 0.312 e. The van der Waals surface area contributed by atoms with Crippen LogP contribution in [0.15, 0.2) is 24.4 Å². The minimum Gasteiger partial charge on any atom is -0.466 e. The highest BCUT2D eigenvalue weighted by Gasteiger charge is 2.40. The molecule has 2 atom stereocenters. The van der Waals surface area contributed by atoms with Crippen LogP contribution in [0.1, 0.15) is 39.3 Å². The first-order valence-electron chi connectivity index (χ1n) is 6.34. The maximum absolute atomic E-state index is 11.9. The molecule has 1 heterocycles. The van der Waals surface area contributed by atoms with E-state index in [9.17, 15) is 9.90 Å². The van der Waals surface area contributed by atoms with Gasteiger partial charge in [0.1, 0.15) is 5.60 Å². The fraction of sp³-hybridized carbons (Fsp3) is 0.571. The topological polar surface area (TPSA) is 59.4 Å². The largest absolute Gasteiger partial charge is 0.466 e. The number of aliphatic hydroxyl groups is 1. The number of ether oxygens (including phenoxy) is 1. The fourth-order valence-electron chi connectivity index (χ4n) is 2.00. The SMILES string of the molecule is CCCC(C(=O)OCC)C(C)(O)c1ccccn1. The van der Waals surface area contributed by atoms with Gasteiger partial charge in [0.15, 0.2) is 0 Å². The number of aromatic nitrogens is 1. The van der Waals surface area contributed by atoms with E-state index < -0.39 is 11.5 Å². The summed E-state index contributed by atoms with van der Waals surface area (Å²) in [6, 6.07) is 5.30. The van der Waals surface area contributed by atoms with Gasteiger partial charge in [0.05, 0.1) is 18.2 Å². The summed E-state index contributed by atoms with van der Waals surface area (Å²) in [6.07, 6.45) is 2.98. The molecule has 100 valence electrons. The van der Waals surface area contributed by atoms with Crippen LogP contribution in [-0.2, 0) is 15.1 Å². The average Bonchev–Trinajstić information content (AvgIpc) is 2.37. The Morgan fingerprint density at radius 1 is 1.50 bits per heavy atom. The van der Waals surface area contributed by atoms with Crippen LogP contribution >= 0.6 is 0 Å². The van der Waals surface area contributed by atoms with Crippen LogP contribution in [0.25, 0.3) is 0 Å². The van der Waals surface area contributed by atoms with Crippen LogP contribution in [0.5, 0.6) is 0 Å². The van der Waals surface area contributed by atoms with Crippen LogP contribution in [0.4, 0.5) is 0 Å². The van der Waals surface area contributed by atoms with E-state index in [1.807, 2.05) is 6.92 Å². The lowest BCUT2D eigenvalue weighted by molar-refractivity contribution is -0.159. The van der Waals surface area contributed by atoms with Crippen molar-refractivity contribution in [2.75, 3.05) is 6.61 Å². The number of hydrogen-bond donors (Lipinski definition) is 1. The molecule has 4 nitrogen and oxygen atoms in total.